The molecule has 0 saturated carbocycles. The zero-order valence-electron chi connectivity index (χ0n) is 14.7. The summed E-state index contributed by atoms with van der Waals surface area (Å²) >= 11 is 1.60. The van der Waals surface area contributed by atoms with Crippen LogP contribution in [0.2, 0.25) is 0 Å². The minimum Gasteiger partial charge on any atom is -0.393 e. The van der Waals surface area contributed by atoms with Gasteiger partial charge < -0.3 is 15.3 Å². The highest BCUT2D eigenvalue weighted by molar-refractivity contribution is 7.22. The largest absolute Gasteiger partial charge is 0.393 e. The highest BCUT2D eigenvalue weighted by Crippen LogP contribution is 2.33. The molecule has 1 fully saturated rings. The van der Waals surface area contributed by atoms with Crippen LogP contribution in [-0.4, -0.2) is 29.3 Å². The SMILES string of the molecule is C[C@H](Nc1nc2ccccc2s1)c1cc(F)ccc1N1CCC(O)CC1. The third-order valence-corrected chi connectivity index (χ3v) is 5.86. The summed E-state index contributed by atoms with van der Waals surface area (Å²) in [6.45, 7) is 3.60. The number of fused-ring (bicyclic) bond motifs is 1. The predicted molar refractivity (Wildman–Crippen MR) is 106 cm³/mol. The Morgan fingerprint density at radius 1 is 1.23 bits per heavy atom. The Morgan fingerprint density at radius 2 is 2.00 bits per heavy atom. The average Bonchev–Trinajstić information content (AvgIpc) is 3.04. The summed E-state index contributed by atoms with van der Waals surface area (Å²) < 4.78 is 15.1. The van der Waals surface area contributed by atoms with Crippen LogP contribution >= 0.6 is 11.3 Å². The Balaban J connectivity index is 1.60. The number of piperidine rings is 1. The maximum Gasteiger partial charge on any atom is 0.184 e. The summed E-state index contributed by atoms with van der Waals surface area (Å²) in [5.41, 5.74) is 2.91. The smallest absolute Gasteiger partial charge is 0.184 e. The summed E-state index contributed by atoms with van der Waals surface area (Å²) in [6, 6.07) is 12.9. The van der Waals surface area contributed by atoms with E-state index in [0.29, 0.717) is 0 Å². The van der Waals surface area contributed by atoms with Gasteiger partial charge in [-0.3, -0.25) is 0 Å². The van der Waals surface area contributed by atoms with Crippen molar-refractivity contribution >= 4 is 32.4 Å². The molecule has 0 unspecified atom stereocenters. The second kappa shape index (κ2) is 7.21. The van der Waals surface area contributed by atoms with Gasteiger partial charge in [0.2, 0.25) is 0 Å². The maximum absolute atomic E-state index is 13.9. The van der Waals surface area contributed by atoms with Crippen LogP contribution in [0.1, 0.15) is 31.4 Å². The molecule has 26 heavy (non-hydrogen) atoms. The Kier molecular flexibility index (Phi) is 4.78. The highest BCUT2D eigenvalue weighted by Gasteiger charge is 2.22. The van der Waals surface area contributed by atoms with E-state index in [-0.39, 0.29) is 18.0 Å². The van der Waals surface area contributed by atoms with E-state index in [9.17, 15) is 9.50 Å². The minimum absolute atomic E-state index is 0.0758. The number of rotatable bonds is 4. The molecule has 0 spiro atoms. The highest BCUT2D eigenvalue weighted by atomic mass is 32.1. The van der Waals surface area contributed by atoms with Crippen LogP contribution in [0, 0.1) is 5.82 Å². The molecule has 0 radical (unpaired) electrons. The quantitative estimate of drug-likeness (QED) is 0.705. The van der Waals surface area contributed by atoms with Crippen molar-refractivity contribution in [2.75, 3.05) is 23.3 Å². The Labute approximate surface area is 156 Å². The van der Waals surface area contributed by atoms with Gasteiger partial charge in [-0.1, -0.05) is 23.5 Å². The lowest BCUT2D eigenvalue weighted by Crippen LogP contribution is -2.36. The van der Waals surface area contributed by atoms with Crippen molar-refractivity contribution in [3.8, 4) is 0 Å². The Morgan fingerprint density at radius 3 is 2.77 bits per heavy atom. The van der Waals surface area contributed by atoms with E-state index in [4.69, 9.17) is 0 Å². The lowest BCUT2D eigenvalue weighted by atomic mass is 10.0. The normalized spacial score (nSPS) is 16.8. The van der Waals surface area contributed by atoms with Crippen LogP contribution < -0.4 is 10.2 Å². The van der Waals surface area contributed by atoms with Crippen molar-refractivity contribution in [3.05, 3.63) is 53.8 Å². The zero-order valence-corrected chi connectivity index (χ0v) is 15.5. The fourth-order valence-corrected chi connectivity index (χ4v) is 4.42. The molecule has 1 aromatic heterocycles. The van der Waals surface area contributed by atoms with Crippen LogP contribution in [0.4, 0.5) is 15.2 Å². The van der Waals surface area contributed by atoms with E-state index in [2.05, 4.69) is 21.3 Å². The molecule has 4 nitrogen and oxygen atoms in total. The number of aliphatic hydroxyl groups excluding tert-OH is 1. The predicted octanol–water partition coefficient (Wildman–Crippen LogP) is 4.57. The topological polar surface area (TPSA) is 48.4 Å². The number of para-hydroxylation sites is 1. The molecular weight excluding hydrogens is 349 g/mol. The standard InChI is InChI=1S/C20H22FN3OS/c1-13(22-20-23-17-4-2-3-5-19(17)26-20)16-12-14(21)6-7-18(16)24-10-8-15(25)9-11-24/h2-7,12-13,15,25H,8-11H2,1H3,(H,22,23)/t13-/m0/s1. The van der Waals surface area contributed by atoms with E-state index >= 15 is 0 Å². The van der Waals surface area contributed by atoms with Crippen LogP contribution in [0.3, 0.4) is 0 Å². The van der Waals surface area contributed by atoms with E-state index in [0.717, 1.165) is 52.5 Å². The number of nitrogens with zero attached hydrogens (tertiary/aromatic N) is 2. The summed E-state index contributed by atoms with van der Waals surface area (Å²) in [6.07, 6.45) is 1.26. The molecule has 1 saturated heterocycles. The number of hydrogen-bond donors (Lipinski definition) is 2. The zero-order chi connectivity index (χ0) is 18.1. The number of anilines is 2. The van der Waals surface area contributed by atoms with Gasteiger partial charge in [-0.05, 0) is 50.1 Å². The van der Waals surface area contributed by atoms with Crippen molar-refractivity contribution in [1.82, 2.24) is 4.98 Å². The monoisotopic (exact) mass is 371 g/mol. The first-order chi connectivity index (χ1) is 12.6. The van der Waals surface area contributed by atoms with Gasteiger partial charge in [0.25, 0.3) is 0 Å². The first-order valence-corrected chi connectivity index (χ1v) is 9.76. The first kappa shape index (κ1) is 17.2. The van der Waals surface area contributed by atoms with E-state index < -0.39 is 0 Å². The van der Waals surface area contributed by atoms with Crippen LogP contribution in [0.25, 0.3) is 10.2 Å². The molecule has 1 atom stereocenters. The van der Waals surface area contributed by atoms with Crippen LogP contribution in [-0.2, 0) is 0 Å². The van der Waals surface area contributed by atoms with Crippen molar-refractivity contribution < 1.29 is 9.50 Å². The van der Waals surface area contributed by atoms with Gasteiger partial charge in [0.05, 0.1) is 22.4 Å². The Bertz CT molecular complexity index is 872. The van der Waals surface area contributed by atoms with Gasteiger partial charge in [0, 0.05) is 24.3 Å². The molecule has 4 rings (SSSR count). The van der Waals surface area contributed by atoms with Gasteiger partial charge in [-0.25, -0.2) is 9.37 Å². The van der Waals surface area contributed by atoms with E-state index in [1.54, 1.807) is 17.4 Å². The Hall–Kier alpha value is -2.18. The third-order valence-electron chi connectivity index (χ3n) is 4.90. The number of hydrogen-bond acceptors (Lipinski definition) is 5. The van der Waals surface area contributed by atoms with Crippen molar-refractivity contribution in [1.29, 1.82) is 0 Å². The lowest BCUT2D eigenvalue weighted by molar-refractivity contribution is 0.145. The number of aromatic nitrogens is 1. The molecule has 2 N–H and O–H groups in total. The van der Waals surface area contributed by atoms with Gasteiger partial charge >= 0.3 is 0 Å². The number of halogens is 1. The molecule has 136 valence electrons. The van der Waals surface area contributed by atoms with Crippen molar-refractivity contribution in [2.45, 2.75) is 31.9 Å². The van der Waals surface area contributed by atoms with E-state index in [1.165, 1.54) is 6.07 Å². The fraction of sp³-hybridized carbons (Fsp3) is 0.350. The van der Waals surface area contributed by atoms with Gasteiger partial charge in [-0.15, -0.1) is 0 Å². The molecule has 1 aliphatic heterocycles. The summed E-state index contributed by atoms with van der Waals surface area (Å²) in [4.78, 5) is 6.85. The number of nitrogens with one attached hydrogen (secondary N) is 1. The maximum atomic E-state index is 13.9. The van der Waals surface area contributed by atoms with Crippen LogP contribution in [0.15, 0.2) is 42.5 Å². The van der Waals surface area contributed by atoms with E-state index in [1.807, 2.05) is 31.2 Å². The molecule has 6 heteroatoms. The molecule has 2 heterocycles. The second-order valence-corrected chi connectivity index (χ2v) is 7.80. The summed E-state index contributed by atoms with van der Waals surface area (Å²) in [5.74, 6) is -0.237. The fourth-order valence-electron chi connectivity index (χ4n) is 3.46. The number of thiazole rings is 1. The van der Waals surface area contributed by atoms with Crippen molar-refractivity contribution in [2.24, 2.45) is 0 Å². The van der Waals surface area contributed by atoms with Gasteiger partial charge in [-0.2, -0.15) is 0 Å². The van der Waals surface area contributed by atoms with Crippen LogP contribution in [0.5, 0.6) is 0 Å². The summed E-state index contributed by atoms with van der Waals surface area (Å²) in [5, 5.41) is 14.0. The van der Waals surface area contributed by atoms with Gasteiger partial charge in [0.1, 0.15) is 5.82 Å². The molecule has 0 aliphatic carbocycles. The van der Waals surface area contributed by atoms with Gasteiger partial charge in [0.15, 0.2) is 5.13 Å². The first-order valence-electron chi connectivity index (χ1n) is 8.95. The molecule has 0 bridgehead atoms. The minimum atomic E-state index is -0.237. The summed E-state index contributed by atoms with van der Waals surface area (Å²) in [7, 11) is 0. The molecule has 3 aromatic rings. The lowest BCUT2D eigenvalue weighted by Gasteiger charge is -2.34. The van der Waals surface area contributed by atoms with Crippen molar-refractivity contribution in [3.63, 3.8) is 0 Å². The number of benzene rings is 2. The average molecular weight is 371 g/mol. The molecule has 0 amide bonds. The third kappa shape index (κ3) is 3.52. The number of aliphatic hydroxyl groups is 1. The molecule has 1 aliphatic rings. The molecular formula is C20H22FN3OS. The molecule has 2 aromatic carbocycles. The second-order valence-electron chi connectivity index (χ2n) is 6.77.